The summed E-state index contributed by atoms with van der Waals surface area (Å²) in [5.41, 5.74) is -0.377. The Morgan fingerprint density at radius 3 is 2.31 bits per heavy atom. The molecule has 1 saturated heterocycles. The van der Waals surface area contributed by atoms with Crippen molar-refractivity contribution in [2.24, 2.45) is 5.92 Å². The Morgan fingerprint density at radius 1 is 1.31 bits per heavy atom. The summed E-state index contributed by atoms with van der Waals surface area (Å²) in [4.78, 5) is 13.5. The van der Waals surface area contributed by atoms with Gasteiger partial charge in [0, 0.05) is 13.1 Å². The first kappa shape index (κ1) is 15.3. The summed E-state index contributed by atoms with van der Waals surface area (Å²) in [5, 5.41) is 0. The van der Waals surface area contributed by atoms with E-state index in [1.165, 1.54) is 6.42 Å². The lowest BCUT2D eigenvalue weighted by Gasteiger charge is -2.32. The van der Waals surface area contributed by atoms with Gasteiger partial charge in [-0.3, -0.25) is 0 Å². The second-order valence-corrected chi connectivity index (χ2v) is 5.17. The van der Waals surface area contributed by atoms with Crippen molar-refractivity contribution in [1.82, 2.24) is 4.90 Å². The molecule has 0 aromatic heterocycles. The van der Waals surface area contributed by atoms with Crippen molar-refractivity contribution < 1.29 is 9.53 Å². The van der Waals surface area contributed by atoms with E-state index >= 15 is 0 Å². The molecule has 3 nitrogen and oxygen atoms in total. The monoisotopic (exact) mass is 229 g/mol. The molecule has 16 heavy (non-hydrogen) atoms. The van der Waals surface area contributed by atoms with Crippen molar-refractivity contribution in [3.05, 3.63) is 0 Å². The van der Waals surface area contributed by atoms with Gasteiger partial charge >= 0.3 is 6.09 Å². The van der Waals surface area contributed by atoms with Gasteiger partial charge in [0.2, 0.25) is 0 Å². The first-order valence-electron chi connectivity index (χ1n) is 6.36. The van der Waals surface area contributed by atoms with Crippen molar-refractivity contribution in [2.45, 2.75) is 60.0 Å². The van der Waals surface area contributed by atoms with Crippen molar-refractivity contribution in [1.29, 1.82) is 0 Å². The molecule has 1 aliphatic rings. The summed E-state index contributed by atoms with van der Waals surface area (Å²) in [6, 6.07) is 0. The van der Waals surface area contributed by atoms with Crippen LogP contribution in [0.3, 0.4) is 0 Å². The van der Waals surface area contributed by atoms with Gasteiger partial charge in [-0.05, 0) is 39.5 Å². The average Bonchev–Trinajstić information content (AvgIpc) is 2.18. The number of ether oxygens (including phenoxy) is 1. The maximum Gasteiger partial charge on any atom is 0.410 e. The SMILES string of the molecule is CC.C[C@H]1CCCN(C(=O)OC(C)(C)C)C1. The number of likely N-dealkylation sites (tertiary alicyclic amines) is 1. The van der Waals surface area contributed by atoms with Crippen LogP contribution >= 0.6 is 0 Å². The highest BCUT2D eigenvalue weighted by molar-refractivity contribution is 5.68. The normalized spacial score (nSPS) is 20.9. The van der Waals surface area contributed by atoms with Gasteiger partial charge in [-0.1, -0.05) is 20.8 Å². The van der Waals surface area contributed by atoms with E-state index in [4.69, 9.17) is 4.74 Å². The fourth-order valence-corrected chi connectivity index (χ4v) is 1.68. The third-order valence-electron chi connectivity index (χ3n) is 2.31. The zero-order valence-electron chi connectivity index (χ0n) is 11.7. The Kier molecular flexibility index (Phi) is 6.46. The van der Waals surface area contributed by atoms with Crippen molar-refractivity contribution in [3.8, 4) is 0 Å². The molecule has 1 amide bonds. The van der Waals surface area contributed by atoms with Gasteiger partial charge in [0.25, 0.3) is 0 Å². The number of piperidine rings is 1. The van der Waals surface area contributed by atoms with Crippen LogP contribution in [0.15, 0.2) is 0 Å². The Bertz CT molecular complexity index is 208. The average molecular weight is 229 g/mol. The van der Waals surface area contributed by atoms with Gasteiger partial charge in [0.1, 0.15) is 5.60 Å². The maximum atomic E-state index is 11.7. The van der Waals surface area contributed by atoms with Crippen LogP contribution in [-0.4, -0.2) is 29.7 Å². The molecule has 1 rings (SSSR count). The fourth-order valence-electron chi connectivity index (χ4n) is 1.68. The van der Waals surface area contributed by atoms with Gasteiger partial charge in [-0.2, -0.15) is 0 Å². The van der Waals surface area contributed by atoms with Crippen LogP contribution in [0, 0.1) is 5.92 Å². The summed E-state index contributed by atoms with van der Waals surface area (Å²) in [5.74, 6) is 0.608. The number of nitrogens with zero attached hydrogens (tertiary/aromatic N) is 1. The van der Waals surface area contributed by atoms with Crippen LogP contribution < -0.4 is 0 Å². The summed E-state index contributed by atoms with van der Waals surface area (Å²) < 4.78 is 5.31. The lowest BCUT2D eigenvalue weighted by atomic mass is 10.0. The van der Waals surface area contributed by atoms with Gasteiger partial charge in [-0.15, -0.1) is 0 Å². The second kappa shape index (κ2) is 6.77. The molecule has 0 aromatic carbocycles. The highest BCUT2D eigenvalue weighted by atomic mass is 16.6. The lowest BCUT2D eigenvalue weighted by molar-refractivity contribution is 0.0174. The van der Waals surface area contributed by atoms with Gasteiger partial charge < -0.3 is 9.64 Å². The quantitative estimate of drug-likeness (QED) is 0.634. The van der Waals surface area contributed by atoms with Gasteiger partial charge in [-0.25, -0.2) is 4.79 Å². The number of amides is 1. The molecular weight excluding hydrogens is 202 g/mol. The molecular formula is C13H27NO2. The molecule has 0 N–H and O–H groups in total. The summed E-state index contributed by atoms with van der Waals surface area (Å²) in [6.45, 7) is 13.6. The molecule has 1 fully saturated rings. The minimum atomic E-state index is -0.377. The Labute approximate surface area is 100 Å². The molecule has 0 saturated carbocycles. The largest absolute Gasteiger partial charge is 0.444 e. The predicted molar refractivity (Wildman–Crippen MR) is 67.6 cm³/mol. The van der Waals surface area contributed by atoms with Crippen molar-refractivity contribution in [3.63, 3.8) is 0 Å². The topological polar surface area (TPSA) is 29.5 Å². The first-order valence-corrected chi connectivity index (χ1v) is 6.36. The molecule has 1 heterocycles. The van der Waals surface area contributed by atoms with E-state index < -0.39 is 0 Å². The third-order valence-corrected chi connectivity index (χ3v) is 2.31. The number of carbonyl (C=O) groups is 1. The zero-order valence-corrected chi connectivity index (χ0v) is 11.7. The van der Waals surface area contributed by atoms with Crippen LogP contribution in [0.4, 0.5) is 4.79 Å². The van der Waals surface area contributed by atoms with E-state index in [9.17, 15) is 4.79 Å². The van der Waals surface area contributed by atoms with E-state index in [2.05, 4.69) is 6.92 Å². The zero-order chi connectivity index (χ0) is 12.8. The van der Waals surface area contributed by atoms with Crippen LogP contribution in [0.2, 0.25) is 0 Å². The highest BCUT2D eigenvalue weighted by Gasteiger charge is 2.25. The van der Waals surface area contributed by atoms with Crippen LogP contribution in [-0.2, 0) is 4.74 Å². The van der Waals surface area contributed by atoms with Crippen LogP contribution in [0.25, 0.3) is 0 Å². The Morgan fingerprint density at radius 2 is 1.88 bits per heavy atom. The number of hydrogen-bond acceptors (Lipinski definition) is 2. The van der Waals surface area contributed by atoms with Crippen molar-refractivity contribution >= 4 is 6.09 Å². The van der Waals surface area contributed by atoms with E-state index in [0.29, 0.717) is 5.92 Å². The van der Waals surface area contributed by atoms with Crippen LogP contribution in [0.5, 0.6) is 0 Å². The molecule has 0 unspecified atom stereocenters. The predicted octanol–water partition coefficient (Wildman–Crippen LogP) is 3.68. The van der Waals surface area contributed by atoms with Gasteiger partial charge in [0.05, 0.1) is 0 Å². The van der Waals surface area contributed by atoms with Crippen molar-refractivity contribution in [2.75, 3.05) is 13.1 Å². The molecule has 0 aromatic rings. The Balaban J connectivity index is 0.00000106. The Hall–Kier alpha value is -0.730. The molecule has 0 bridgehead atoms. The smallest absolute Gasteiger partial charge is 0.410 e. The highest BCUT2D eigenvalue weighted by Crippen LogP contribution is 2.18. The maximum absolute atomic E-state index is 11.7. The van der Waals surface area contributed by atoms with E-state index in [0.717, 1.165) is 19.5 Å². The standard InChI is InChI=1S/C11H21NO2.C2H6/c1-9-6-5-7-12(8-9)10(13)14-11(2,3)4;1-2/h9H,5-8H2,1-4H3;1-2H3/t9-;/m0./s1. The number of rotatable bonds is 0. The number of carbonyl (C=O) groups excluding carboxylic acids is 1. The summed E-state index contributed by atoms with van der Waals surface area (Å²) >= 11 is 0. The van der Waals surface area contributed by atoms with Crippen LogP contribution in [0.1, 0.15) is 54.4 Å². The molecule has 0 spiro atoms. The molecule has 0 radical (unpaired) electrons. The lowest BCUT2D eigenvalue weighted by Crippen LogP contribution is -2.42. The number of hydrogen-bond donors (Lipinski definition) is 0. The minimum Gasteiger partial charge on any atom is -0.444 e. The third kappa shape index (κ3) is 5.99. The first-order chi connectivity index (χ1) is 7.38. The molecule has 1 atom stereocenters. The van der Waals surface area contributed by atoms with E-state index in [1.54, 1.807) is 0 Å². The minimum absolute atomic E-state index is 0.163. The summed E-state index contributed by atoms with van der Waals surface area (Å²) in [7, 11) is 0. The van der Waals surface area contributed by atoms with E-state index in [-0.39, 0.29) is 11.7 Å². The molecule has 1 aliphatic heterocycles. The van der Waals surface area contributed by atoms with E-state index in [1.807, 2.05) is 39.5 Å². The molecule has 0 aliphatic carbocycles. The fraction of sp³-hybridized carbons (Fsp3) is 0.923. The second-order valence-electron chi connectivity index (χ2n) is 5.17. The summed E-state index contributed by atoms with van der Waals surface area (Å²) in [6.07, 6.45) is 2.16. The molecule has 96 valence electrons. The van der Waals surface area contributed by atoms with Gasteiger partial charge in [0.15, 0.2) is 0 Å². The molecule has 3 heteroatoms.